The topological polar surface area (TPSA) is 32.9 Å². The molecule has 25 heavy (non-hydrogen) atoms. The third-order valence-electron chi connectivity index (χ3n) is 4.20. The van der Waals surface area contributed by atoms with Crippen molar-refractivity contribution in [3.8, 4) is 22.4 Å². The maximum Gasteiger partial charge on any atom is 0.256 e. The summed E-state index contributed by atoms with van der Waals surface area (Å²) >= 11 is 12.1. The largest absolute Gasteiger partial charge is 0.321 e. The number of H-pyrrole nitrogens is 1. The third-order valence-corrected chi connectivity index (χ3v) is 4.70. The van der Waals surface area contributed by atoms with Gasteiger partial charge in [0.25, 0.3) is 5.56 Å². The van der Waals surface area contributed by atoms with Crippen molar-refractivity contribution in [2.75, 3.05) is 0 Å². The molecule has 3 aromatic carbocycles. The number of halogens is 2. The Balaban J connectivity index is 2.11. The number of fused-ring (bicyclic) bond motifs is 1. The first-order chi connectivity index (χ1) is 12.1. The highest BCUT2D eigenvalue weighted by atomic mass is 35.5. The zero-order valence-electron chi connectivity index (χ0n) is 13.1. The Hall–Kier alpha value is -2.55. The summed E-state index contributed by atoms with van der Waals surface area (Å²) < 4.78 is 0. The molecule has 0 saturated heterocycles. The molecule has 0 unspecified atom stereocenters. The summed E-state index contributed by atoms with van der Waals surface area (Å²) in [5.74, 6) is 0. The lowest BCUT2D eigenvalue weighted by molar-refractivity contribution is 1.28. The number of hydrogen-bond acceptors (Lipinski definition) is 1. The van der Waals surface area contributed by atoms with E-state index < -0.39 is 0 Å². The van der Waals surface area contributed by atoms with Crippen LogP contribution in [0.15, 0.2) is 77.6 Å². The number of rotatable bonds is 2. The second kappa shape index (κ2) is 6.40. The van der Waals surface area contributed by atoms with E-state index >= 15 is 0 Å². The van der Waals surface area contributed by atoms with Crippen LogP contribution in [0.5, 0.6) is 0 Å². The Morgan fingerprint density at radius 2 is 1.16 bits per heavy atom. The lowest BCUT2D eigenvalue weighted by Crippen LogP contribution is -2.09. The number of aromatic amines is 1. The van der Waals surface area contributed by atoms with Gasteiger partial charge in [-0.2, -0.15) is 0 Å². The zero-order chi connectivity index (χ0) is 17.4. The molecule has 0 spiro atoms. The number of aromatic nitrogens is 1. The average molecular weight is 366 g/mol. The van der Waals surface area contributed by atoms with Crippen molar-refractivity contribution >= 4 is 34.0 Å². The van der Waals surface area contributed by atoms with Gasteiger partial charge >= 0.3 is 0 Å². The highest BCUT2D eigenvalue weighted by Crippen LogP contribution is 2.36. The van der Waals surface area contributed by atoms with Gasteiger partial charge in [-0.1, -0.05) is 65.7 Å². The molecule has 0 radical (unpaired) electrons. The van der Waals surface area contributed by atoms with E-state index in [1.807, 2.05) is 72.8 Å². The molecule has 4 aromatic rings. The second-order valence-electron chi connectivity index (χ2n) is 5.76. The van der Waals surface area contributed by atoms with E-state index in [2.05, 4.69) is 4.98 Å². The fourth-order valence-corrected chi connectivity index (χ4v) is 3.28. The standard InChI is InChI=1S/C21H13Cl2NO/c22-15-9-5-13(6-10-15)19-17-3-1-2-4-18(17)21(25)24-20(19)14-7-11-16(23)12-8-14/h1-12H,(H,24,25). The van der Waals surface area contributed by atoms with E-state index in [9.17, 15) is 4.79 Å². The Labute approximate surface area is 154 Å². The molecule has 4 heteroatoms. The van der Waals surface area contributed by atoms with Crippen LogP contribution < -0.4 is 5.56 Å². The van der Waals surface area contributed by atoms with E-state index in [0.717, 1.165) is 27.8 Å². The fraction of sp³-hybridized carbons (Fsp3) is 0. The molecule has 122 valence electrons. The van der Waals surface area contributed by atoms with Crippen molar-refractivity contribution in [3.63, 3.8) is 0 Å². The molecule has 0 fully saturated rings. The Morgan fingerprint density at radius 3 is 1.76 bits per heavy atom. The van der Waals surface area contributed by atoms with Crippen LogP contribution in [-0.2, 0) is 0 Å². The van der Waals surface area contributed by atoms with Crippen LogP contribution in [0.3, 0.4) is 0 Å². The molecular weight excluding hydrogens is 353 g/mol. The molecule has 2 nitrogen and oxygen atoms in total. The number of pyridine rings is 1. The van der Waals surface area contributed by atoms with Gasteiger partial charge < -0.3 is 4.98 Å². The summed E-state index contributed by atoms with van der Waals surface area (Å²) in [5.41, 5.74) is 3.51. The summed E-state index contributed by atoms with van der Waals surface area (Å²) in [6, 6.07) is 22.7. The van der Waals surface area contributed by atoms with Crippen LogP contribution >= 0.6 is 23.2 Å². The average Bonchev–Trinajstić information content (AvgIpc) is 2.63. The van der Waals surface area contributed by atoms with Gasteiger partial charge in [0.2, 0.25) is 0 Å². The molecular formula is C21H13Cl2NO. The van der Waals surface area contributed by atoms with Gasteiger partial charge in [0.1, 0.15) is 0 Å². The predicted octanol–water partition coefficient (Wildman–Crippen LogP) is 6.17. The van der Waals surface area contributed by atoms with E-state index in [-0.39, 0.29) is 5.56 Å². The van der Waals surface area contributed by atoms with Crippen LogP contribution in [-0.4, -0.2) is 4.98 Å². The first-order valence-corrected chi connectivity index (χ1v) is 8.56. The van der Waals surface area contributed by atoms with Gasteiger partial charge in [0.05, 0.1) is 5.69 Å². The van der Waals surface area contributed by atoms with Gasteiger partial charge in [-0.05, 0) is 46.8 Å². The lowest BCUT2D eigenvalue weighted by atomic mass is 9.94. The van der Waals surface area contributed by atoms with Crippen molar-refractivity contribution in [2.45, 2.75) is 0 Å². The first kappa shape index (κ1) is 15.9. The molecule has 0 aliphatic heterocycles. The first-order valence-electron chi connectivity index (χ1n) is 7.80. The molecule has 0 bridgehead atoms. The van der Waals surface area contributed by atoms with E-state index in [1.54, 1.807) is 0 Å². The SMILES string of the molecule is O=c1[nH]c(-c2ccc(Cl)cc2)c(-c2ccc(Cl)cc2)c2ccccc12. The van der Waals surface area contributed by atoms with Crippen LogP contribution in [0.25, 0.3) is 33.2 Å². The van der Waals surface area contributed by atoms with Crippen molar-refractivity contribution in [1.29, 1.82) is 0 Å². The van der Waals surface area contributed by atoms with Crippen molar-refractivity contribution in [2.24, 2.45) is 0 Å². The molecule has 0 aliphatic carbocycles. The number of hydrogen-bond donors (Lipinski definition) is 1. The number of benzene rings is 3. The molecule has 1 heterocycles. The van der Waals surface area contributed by atoms with E-state index in [1.165, 1.54) is 0 Å². The molecule has 0 amide bonds. The highest BCUT2D eigenvalue weighted by Gasteiger charge is 2.14. The van der Waals surface area contributed by atoms with Crippen molar-refractivity contribution in [1.82, 2.24) is 4.98 Å². The molecule has 0 aliphatic rings. The summed E-state index contributed by atoms with van der Waals surface area (Å²) in [5, 5.41) is 2.88. The Bertz CT molecular complexity index is 1110. The van der Waals surface area contributed by atoms with Gasteiger partial charge in [-0.3, -0.25) is 4.79 Å². The lowest BCUT2D eigenvalue weighted by Gasteiger charge is -2.14. The summed E-state index contributed by atoms with van der Waals surface area (Å²) in [4.78, 5) is 15.6. The summed E-state index contributed by atoms with van der Waals surface area (Å²) in [6.45, 7) is 0. The minimum atomic E-state index is -0.113. The highest BCUT2D eigenvalue weighted by molar-refractivity contribution is 6.31. The Morgan fingerprint density at radius 1 is 0.640 bits per heavy atom. The quantitative estimate of drug-likeness (QED) is 0.452. The van der Waals surface area contributed by atoms with Gasteiger partial charge in [0, 0.05) is 21.0 Å². The zero-order valence-corrected chi connectivity index (χ0v) is 14.6. The van der Waals surface area contributed by atoms with Crippen LogP contribution in [0.4, 0.5) is 0 Å². The van der Waals surface area contributed by atoms with Crippen molar-refractivity contribution < 1.29 is 0 Å². The summed E-state index contributed by atoms with van der Waals surface area (Å²) in [7, 11) is 0. The molecule has 4 rings (SSSR count). The Kier molecular flexibility index (Phi) is 4.08. The van der Waals surface area contributed by atoms with Gasteiger partial charge in [0.15, 0.2) is 0 Å². The van der Waals surface area contributed by atoms with Crippen LogP contribution in [0, 0.1) is 0 Å². The van der Waals surface area contributed by atoms with Gasteiger partial charge in [-0.25, -0.2) is 0 Å². The monoisotopic (exact) mass is 365 g/mol. The fourth-order valence-electron chi connectivity index (χ4n) is 3.03. The molecule has 1 N–H and O–H groups in total. The maximum atomic E-state index is 12.6. The van der Waals surface area contributed by atoms with Crippen LogP contribution in [0.2, 0.25) is 10.0 Å². The predicted molar refractivity (Wildman–Crippen MR) is 105 cm³/mol. The molecule has 0 atom stereocenters. The maximum absolute atomic E-state index is 12.6. The molecule has 0 saturated carbocycles. The van der Waals surface area contributed by atoms with Gasteiger partial charge in [-0.15, -0.1) is 0 Å². The minimum absolute atomic E-state index is 0.113. The summed E-state index contributed by atoms with van der Waals surface area (Å²) in [6.07, 6.45) is 0. The number of nitrogens with one attached hydrogen (secondary N) is 1. The normalized spacial score (nSPS) is 11.0. The second-order valence-corrected chi connectivity index (χ2v) is 6.64. The van der Waals surface area contributed by atoms with E-state index in [0.29, 0.717) is 15.4 Å². The minimum Gasteiger partial charge on any atom is -0.321 e. The van der Waals surface area contributed by atoms with E-state index in [4.69, 9.17) is 23.2 Å². The van der Waals surface area contributed by atoms with Crippen LogP contribution in [0.1, 0.15) is 0 Å². The van der Waals surface area contributed by atoms with Crippen molar-refractivity contribution in [3.05, 3.63) is 93.2 Å². The third kappa shape index (κ3) is 2.95. The smallest absolute Gasteiger partial charge is 0.256 e. The molecule has 1 aromatic heterocycles.